The van der Waals surface area contributed by atoms with E-state index in [1.165, 1.54) is 5.70 Å². The Morgan fingerprint density at radius 2 is 2.00 bits per heavy atom. The van der Waals surface area contributed by atoms with Crippen molar-refractivity contribution in [3.63, 3.8) is 0 Å². The normalized spacial score (nSPS) is 28.3. The molecule has 0 spiro atoms. The molecule has 150 valence electrons. The van der Waals surface area contributed by atoms with Gasteiger partial charge in [-0.25, -0.2) is 15.0 Å². The summed E-state index contributed by atoms with van der Waals surface area (Å²) in [5.74, 6) is 1.97. The summed E-state index contributed by atoms with van der Waals surface area (Å²) in [5.41, 5.74) is 8.67. The van der Waals surface area contributed by atoms with E-state index in [0.717, 1.165) is 62.1 Å². The van der Waals surface area contributed by atoms with E-state index in [2.05, 4.69) is 37.8 Å². The van der Waals surface area contributed by atoms with Crippen LogP contribution in [0.1, 0.15) is 12.8 Å². The quantitative estimate of drug-likeness (QED) is 0.764. The van der Waals surface area contributed by atoms with Crippen molar-refractivity contribution in [3.8, 4) is 11.3 Å². The first kappa shape index (κ1) is 17.1. The zero-order valence-electron chi connectivity index (χ0n) is 16.4. The van der Waals surface area contributed by atoms with Crippen LogP contribution in [0.25, 0.3) is 11.3 Å². The molecule has 2 N–H and O–H groups in total. The lowest BCUT2D eigenvalue weighted by Crippen LogP contribution is -2.54. The van der Waals surface area contributed by atoms with Gasteiger partial charge in [-0.15, -0.1) is 0 Å². The van der Waals surface area contributed by atoms with Gasteiger partial charge >= 0.3 is 0 Å². The van der Waals surface area contributed by atoms with Crippen LogP contribution in [0.2, 0.25) is 0 Å². The van der Waals surface area contributed by atoms with Crippen molar-refractivity contribution >= 4 is 17.7 Å². The topological polar surface area (TPSA) is 96.3 Å². The van der Waals surface area contributed by atoms with E-state index in [0.29, 0.717) is 18.2 Å². The van der Waals surface area contributed by atoms with Gasteiger partial charge in [0.1, 0.15) is 5.82 Å². The summed E-state index contributed by atoms with van der Waals surface area (Å²) in [4.78, 5) is 25.1. The predicted molar refractivity (Wildman–Crippen MR) is 109 cm³/mol. The lowest BCUT2D eigenvalue weighted by Gasteiger charge is -2.45. The number of aromatic nitrogens is 4. The maximum atomic E-state index is 5.89. The molecule has 0 amide bonds. The number of nitrogens with two attached hydrogens (primary N) is 1. The third-order valence-electron chi connectivity index (χ3n) is 6.33. The number of hydrogen-bond donors (Lipinski definition) is 1. The summed E-state index contributed by atoms with van der Waals surface area (Å²) in [6.45, 7) is 3.62. The number of morpholine rings is 1. The van der Waals surface area contributed by atoms with Gasteiger partial charge in [0, 0.05) is 49.4 Å². The predicted octanol–water partition coefficient (Wildman–Crippen LogP) is 0.901. The van der Waals surface area contributed by atoms with Crippen LogP contribution in [0.15, 0.2) is 30.2 Å². The SMILES string of the molecule is CN1CC=C2[C@@H](C1)N2c1nc(-c2cnc(N)nc2)cc(N2C[C@@H]3CC[C@H]2CO3)n1. The number of piperidine rings is 1. The molecule has 7 rings (SSSR count). The maximum absolute atomic E-state index is 5.89. The summed E-state index contributed by atoms with van der Waals surface area (Å²) in [5, 5.41) is 0. The molecule has 0 aliphatic carbocycles. The average molecular weight is 392 g/mol. The van der Waals surface area contributed by atoms with Crippen molar-refractivity contribution in [1.29, 1.82) is 0 Å². The zero-order valence-corrected chi connectivity index (χ0v) is 16.4. The fraction of sp³-hybridized carbons (Fsp3) is 0.500. The zero-order chi connectivity index (χ0) is 19.5. The van der Waals surface area contributed by atoms with E-state index in [-0.39, 0.29) is 5.95 Å². The second-order valence-corrected chi connectivity index (χ2v) is 8.32. The first-order chi connectivity index (χ1) is 14.2. The summed E-state index contributed by atoms with van der Waals surface area (Å²) < 4.78 is 5.89. The smallest absolute Gasteiger partial charge is 0.232 e. The molecule has 7 heterocycles. The molecule has 4 fully saturated rings. The molecule has 29 heavy (non-hydrogen) atoms. The van der Waals surface area contributed by atoms with E-state index in [9.17, 15) is 0 Å². The molecule has 9 heteroatoms. The first-order valence-corrected chi connectivity index (χ1v) is 10.2. The van der Waals surface area contributed by atoms with Crippen LogP contribution in [0, 0.1) is 0 Å². The highest BCUT2D eigenvalue weighted by molar-refractivity contribution is 5.69. The number of nitrogen functional groups attached to an aromatic ring is 1. The number of anilines is 3. The van der Waals surface area contributed by atoms with Gasteiger partial charge in [-0.2, -0.15) is 4.98 Å². The van der Waals surface area contributed by atoms with Gasteiger partial charge < -0.3 is 25.2 Å². The number of rotatable bonds is 3. The standard InChI is InChI=1S/C20H24N8O/c1-26-5-4-16-17(10-26)28(16)20-24-15(12-7-22-19(21)23-8-12)6-18(25-20)27-9-14-3-2-13(27)11-29-14/h4,6-8,13-14,17H,2-3,5,9-11H2,1H3,(H2,21,22,23)/t13-,14-,17+,28?/m0/s1. The van der Waals surface area contributed by atoms with E-state index < -0.39 is 0 Å². The molecular formula is C20H24N8O. The van der Waals surface area contributed by atoms with E-state index in [4.69, 9.17) is 20.4 Å². The van der Waals surface area contributed by atoms with Gasteiger partial charge in [-0.3, -0.25) is 0 Å². The van der Waals surface area contributed by atoms with Gasteiger partial charge in [0.25, 0.3) is 0 Å². The van der Waals surface area contributed by atoms with Gasteiger partial charge in [-0.05, 0) is 26.0 Å². The van der Waals surface area contributed by atoms with Crippen LogP contribution in [-0.4, -0.2) is 76.3 Å². The van der Waals surface area contributed by atoms with Crippen molar-refractivity contribution in [1.82, 2.24) is 24.8 Å². The van der Waals surface area contributed by atoms with Crippen LogP contribution in [-0.2, 0) is 4.74 Å². The molecule has 2 bridgehead atoms. The van der Waals surface area contributed by atoms with Crippen molar-refractivity contribution in [3.05, 3.63) is 30.2 Å². The third-order valence-corrected chi connectivity index (χ3v) is 6.33. The van der Waals surface area contributed by atoms with E-state index in [1.54, 1.807) is 12.4 Å². The molecule has 5 aliphatic heterocycles. The van der Waals surface area contributed by atoms with Crippen LogP contribution in [0.4, 0.5) is 17.7 Å². The summed E-state index contributed by atoms with van der Waals surface area (Å²) in [7, 11) is 2.14. The second kappa shape index (κ2) is 6.36. The number of fused-ring (bicyclic) bond motifs is 4. The van der Waals surface area contributed by atoms with E-state index in [1.807, 2.05) is 6.07 Å². The van der Waals surface area contributed by atoms with Crippen molar-refractivity contribution in [2.45, 2.75) is 31.0 Å². The van der Waals surface area contributed by atoms with E-state index >= 15 is 0 Å². The number of nitrogens with zero attached hydrogens (tertiary/aromatic N) is 7. The number of hydrogen-bond acceptors (Lipinski definition) is 9. The molecule has 4 saturated heterocycles. The Morgan fingerprint density at radius 1 is 1.14 bits per heavy atom. The number of ether oxygens (including phenoxy) is 1. The van der Waals surface area contributed by atoms with Crippen molar-refractivity contribution in [2.75, 3.05) is 48.8 Å². The van der Waals surface area contributed by atoms with Crippen LogP contribution in [0.3, 0.4) is 0 Å². The number of likely N-dealkylation sites (N-methyl/N-ethyl adjacent to an activating group) is 1. The van der Waals surface area contributed by atoms with Crippen molar-refractivity contribution < 1.29 is 4.74 Å². The fourth-order valence-electron chi connectivity index (χ4n) is 4.66. The summed E-state index contributed by atoms with van der Waals surface area (Å²) in [6, 6.07) is 2.80. The fourth-order valence-corrected chi connectivity index (χ4v) is 4.66. The molecule has 3 atom stereocenters. The summed E-state index contributed by atoms with van der Waals surface area (Å²) in [6.07, 6.45) is 8.30. The van der Waals surface area contributed by atoms with Crippen LogP contribution in [0.5, 0.6) is 0 Å². The Bertz CT molecular complexity index is 969. The highest BCUT2D eigenvalue weighted by Crippen LogP contribution is 2.41. The Hall–Kier alpha value is -2.78. The van der Waals surface area contributed by atoms with Crippen molar-refractivity contribution in [2.24, 2.45) is 0 Å². The highest BCUT2D eigenvalue weighted by atomic mass is 16.5. The molecule has 0 aromatic carbocycles. The Morgan fingerprint density at radius 3 is 2.69 bits per heavy atom. The molecule has 0 unspecified atom stereocenters. The minimum atomic E-state index is 0.263. The first-order valence-electron chi connectivity index (χ1n) is 10.2. The third kappa shape index (κ3) is 2.92. The average Bonchev–Trinajstić information content (AvgIpc) is 3.48. The van der Waals surface area contributed by atoms with Gasteiger partial charge in [-0.1, -0.05) is 0 Å². The van der Waals surface area contributed by atoms with Crippen LogP contribution >= 0.6 is 0 Å². The van der Waals surface area contributed by atoms with Gasteiger partial charge in [0.15, 0.2) is 0 Å². The van der Waals surface area contributed by atoms with Gasteiger partial charge in [0.2, 0.25) is 11.9 Å². The Kier molecular flexibility index (Phi) is 3.75. The Balaban J connectivity index is 1.41. The molecule has 9 nitrogen and oxygen atoms in total. The minimum Gasteiger partial charge on any atom is -0.374 e. The molecule has 2 aromatic heterocycles. The minimum absolute atomic E-state index is 0.263. The van der Waals surface area contributed by atoms with Gasteiger partial charge in [0.05, 0.1) is 30.5 Å². The lowest BCUT2D eigenvalue weighted by atomic mass is 9.97. The van der Waals surface area contributed by atoms with Crippen LogP contribution < -0.4 is 15.5 Å². The molecule has 0 radical (unpaired) electrons. The molecule has 0 saturated carbocycles. The molecule has 5 aliphatic rings. The largest absolute Gasteiger partial charge is 0.374 e. The molecular weight excluding hydrogens is 368 g/mol. The highest BCUT2D eigenvalue weighted by Gasteiger charge is 2.46. The Labute approximate surface area is 169 Å². The summed E-state index contributed by atoms with van der Waals surface area (Å²) >= 11 is 0. The molecule has 2 aromatic rings. The second-order valence-electron chi connectivity index (χ2n) is 8.32. The monoisotopic (exact) mass is 392 g/mol. The maximum Gasteiger partial charge on any atom is 0.232 e. The lowest BCUT2D eigenvalue weighted by molar-refractivity contribution is -0.0228.